The lowest BCUT2D eigenvalue weighted by Gasteiger charge is -2.11. The number of rotatable bonds is 2. The molecule has 5 rings (SSSR count). The molecule has 0 fully saturated rings. The maximum atomic E-state index is 4.87. The average molecular weight is 340 g/mol. The summed E-state index contributed by atoms with van der Waals surface area (Å²) in [5.74, 6) is 0.783. The van der Waals surface area contributed by atoms with Gasteiger partial charge < -0.3 is 5.32 Å². The molecule has 0 aliphatic rings. The number of nitrogens with one attached hydrogen (secondary N) is 1. The highest BCUT2D eigenvalue weighted by atomic mass is 15.1. The van der Waals surface area contributed by atoms with Crippen molar-refractivity contribution in [2.75, 3.05) is 5.32 Å². The van der Waals surface area contributed by atoms with Crippen molar-refractivity contribution in [3.63, 3.8) is 0 Å². The molecular weight excluding hydrogens is 324 g/mol. The zero-order valence-electron chi connectivity index (χ0n) is 14.4. The summed E-state index contributed by atoms with van der Waals surface area (Å²) in [5, 5.41) is 5.43. The minimum Gasteiger partial charge on any atom is -0.340 e. The maximum Gasteiger partial charge on any atom is 0.168 e. The van der Waals surface area contributed by atoms with E-state index in [4.69, 9.17) is 9.97 Å². The highest BCUT2D eigenvalue weighted by Gasteiger charge is 2.14. The number of aromatic nitrogens is 5. The fourth-order valence-electron chi connectivity index (χ4n) is 3.41. The van der Waals surface area contributed by atoms with E-state index in [1.807, 2.05) is 22.7 Å². The monoisotopic (exact) mass is 340 g/mol. The van der Waals surface area contributed by atoms with Crippen molar-refractivity contribution >= 4 is 39.1 Å². The number of imidazole rings is 1. The Hall–Kier alpha value is -3.54. The summed E-state index contributed by atoms with van der Waals surface area (Å²) in [6.07, 6.45) is 7.09. The highest BCUT2D eigenvalue weighted by molar-refractivity contribution is 6.08. The van der Waals surface area contributed by atoms with E-state index < -0.39 is 0 Å². The van der Waals surface area contributed by atoms with Crippen LogP contribution >= 0.6 is 0 Å². The number of anilines is 2. The van der Waals surface area contributed by atoms with Crippen LogP contribution in [0.4, 0.5) is 11.5 Å². The van der Waals surface area contributed by atoms with Gasteiger partial charge in [0.25, 0.3) is 0 Å². The summed E-state index contributed by atoms with van der Waals surface area (Å²) < 4.78 is 1.90. The van der Waals surface area contributed by atoms with Crippen LogP contribution in [-0.2, 0) is 0 Å². The first kappa shape index (κ1) is 14.8. The molecule has 126 valence electrons. The van der Waals surface area contributed by atoms with Gasteiger partial charge in [0.15, 0.2) is 5.65 Å². The normalized spacial score (nSPS) is 11.5. The molecule has 6 heteroatoms. The van der Waals surface area contributed by atoms with Crippen LogP contribution in [0.15, 0.2) is 55.2 Å². The summed E-state index contributed by atoms with van der Waals surface area (Å²) >= 11 is 0. The molecule has 6 nitrogen and oxygen atoms in total. The van der Waals surface area contributed by atoms with E-state index in [1.165, 1.54) is 11.1 Å². The molecule has 0 aliphatic heterocycles. The van der Waals surface area contributed by atoms with Crippen LogP contribution in [0.5, 0.6) is 0 Å². The van der Waals surface area contributed by atoms with Gasteiger partial charge in [0.2, 0.25) is 0 Å². The predicted octanol–water partition coefficient (Wildman–Crippen LogP) is 4.19. The van der Waals surface area contributed by atoms with Gasteiger partial charge in [-0.25, -0.2) is 15.0 Å². The second-order valence-corrected chi connectivity index (χ2v) is 6.48. The molecule has 0 saturated carbocycles. The van der Waals surface area contributed by atoms with E-state index in [-0.39, 0.29) is 0 Å². The first-order valence-electron chi connectivity index (χ1n) is 8.40. The van der Waals surface area contributed by atoms with E-state index >= 15 is 0 Å². The van der Waals surface area contributed by atoms with Crippen LogP contribution in [0.2, 0.25) is 0 Å². The molecule has 0 aliphatic carbocycles. The van der Waals surface area contributed by atoms with Crippen molar-refractivity contribution < 1.29 is 0 Å². The van der Waals surface area contributed by atoms with Gasteiger partial charge in [-0.3, -0.25) is 9.38 Å². The number of nitrogens with zero attached hydrogens (tertiary/aromatic N) is 5. The summed E-state index contributed by atoms with van der Waals surface area (Å²) in [7, 11) is 0. The van der Waals surface area contributed by atoms with Crippen molar-refractivity contribution in [3.05, 3.63) is 66.4 Å². The molecule has 0 unspecified atom stereocenters. The lowest BCUT2D eigenvalue weighted by Crippen LogP contribution is -1.98. The number of hydrogen-bond acceptors (Lipinski definition) is 5. The molecule has 26 heavy (non-hydrogen) atoms. The van der Waals surface area contributed by atoms with Crippen LogP contribution in [0.25, 0.3) is 27.6 Å². The van der Waals surface area contributed by atoms with Crippen LogP contribution in [0.1, 0.15) is 11.1 Å². The van der Waals surface area contributed by atoms with Gasteiger partial charge in [-0.2, -0.15) is 0 Å². The Kier molecular flexibility index (Phi) is 3.12. The van der Waals surface area contributed by atoms with Crippen molar-refractivity contribution in [1.82, 2.24) is 24.3 Å². The first-order valence-corrected chi connectivity index (χ1v) is 8.40. The first-order chi connectivity index (χ1) is 12.7. The molecule has 0 spiro atoms. The van der Waals surface area contributed by atoms with E-state index in [0.717, 1.165) is 39.1 Å². The van der Waals surface area contributed by atoms with Gasteiger partial charge in [0.1, 0.15) is 23.3 Å². The quantitative estimate of drug-likeness (QED) is 0.522. The standard InChI is InChI=1S/C20H16N6/c1-12-7-13(2)9-14(8-12)23-19-15-3-5-21-10-16(15)18-20(25-19)26-11-22-6-4-17(26)24-18/h3-11H,1-2H3,(H,23,25). The minimum atomic E-state index is 0.764. The molecule has 5 aromatic rings. The molecule has 0 atom stereocenters. The summed E-state index contributed by atoms with van der Waals surface area (Å²) in [4.78, 5) is 18.1. The molecular formula is C20H16N6. The minimum absolute atomic E-state index is 0.764. The van der Waals surface area contributed by atoms with Crippen molar-refractivity contribution in [2.45, 2.75) is 13.8 Å². The second-order valence-electron chi connectivity index (χ2n) is 6.48. The second kappa shape index (κ2) is 5.49. The summed E-state index contributed by atoms with van der Waals surface area (Å²) in [6, 6.07) is 10.2. The number of benzene rings is 1. The van der Waals surface area contributed by atoms with Gasteiger partial charge in [0, 0.05) is 35.1 Å². The van der Waals surface area contributed by atoms with Gasteiger partial charge in [0.05, 0.1) is 0 Å². The van der Waals surface area contributed by atoms with Crippen molar-refractivity contribution in [3.8, 4) is 0 Å². The van der Waals surface area contributed by atoms with Gasteiger partial charge in [-0.1, -0.05) is 6.07 Å². The van der Waals surface area contributed by atoms with Crippen molar-refractivity contribution in [1.29, 1.82) is 0 Å². The molecule has 4 aromatic heterocycles. The third kappa shape index (κ3) is 2.27. The lowest BCUT2D eigenvalue weighted by molar-refractivity contribution is 1.09. The number of hydrogen-bond donors (Lipinski definition) is 1. The third-order valence-corrected chi connectivity index (χ3v) is 4.44. The molecule has 0 amide bonds. The Bertz CT molecular complexity index is 1270. The van der Waals surface area contributed by atoms with Crippen LogP contribution in [-0.4, -0.2) is 24.3 Å². The molecule has 1 aromatic carbocycles. The van der Waals surface area contributed by atoms with Gasteiger partial charge in [-0.05, 0) is 49.2 Å². The van der Waals surface area contributed by atoms with Crippen LogP contribution in [0.3, 0.4) is 0 Å². The van der Waals surface area contributed by atoms with Gasteiger partial charge in [-0.15, -0.1) is 0 Å². The zero-order valence-corrected chi connectivity index (χ0v) is 14.4. The molecule has 0 bridgehead atoms. The van der Waals surface area contributed by atoms with Crippen molar-refractivity contribution in [2.24, 2.45) is 0 Å². The molecule has 4 heterocycles. The van der Waals surface area contributed by atoms with E-state index in [0.29, 0.717) is 0 Å². The Morgan fingerprint density at radius 1 is 0.885 bits per heavy atom. The summed E-state index contributed by atoms with van der Waals surface area (Å²) in [6.45, 7) is 4.18. The largest absolute Gasteiger partial charge is 0.340 e. The van der Waals surface area contributed by atoms with Crippen LogP contribution in [0, 0.1) is 13.8 Å². The molecule has 1 N–H and O–H groups in total. The number of pyridine rings is 2. The highest BCUT2D eigenvalue weighted by Crippen LogP contribution is 2.30. The molecule has 0 saturated heterocycles. The van der Waals surface area contributed by atoms with Gasteiger partial charge >= 0.3 is 0 Å². The van der Waals surface area contributed by atoms with E-state index in [2.05, 4.69) is 47.3 Å². The summed E-state index contributed by atoms with van der Waals surface area (Å²) in [5.41, 5.74) is 5.83. The topological polar surface area (TPSA) is 68.0 Å². The Balaban J connectivity index is 1.81. The SMILES string of the molecule is Cc1cc(C)cc(Nc2nc3c(nc4ccncn43)c3cnccc23)c1. The van der Waals surface area contributed by atoms with E-state index in [9.17, 15) is 0 Å². The predicted molar refractivity (Wildman–Crippen MR) is 103 cm³/mol. The third-order valence-electron chi connectivity index (χ3n) is 4.44. The lowest BCUT2D eigenvalue weighted by atomic mass is 10.1. The maximum absolute atomic E-state index is 4.87. The Morgan fingerprint density at radius 2 is 1.69 bits per heavy atom. The Labute approximate surface area is 149 Å². The Morgan fingerprint density at radius 3 is 2.54 bits per heavy atom. The number of fused-ring (bicyclic) bond motifs is 5. The van der Waals surface area contributed by atoms with Crippen LogP contribution < -0.4 is 5.32 Å². The average Bonchev–Trinajstić information content (AvgIpc) is 3.00. The fourth-order valence-corrected chi connectivity index (χ4v) is 3.41. The zero-order chi connectivity index (χ0) is 17.7. The molecule has 0 radical (unpaired) electrons. The fraction of sp³-hybridized carbons (Fsp3) is 0.100. The smallest absolute Gasteiger partial charge is 0.168 e. The van der Waals surface area contributed by atoms with E-state index in [1.54, 1.807) is 18.7 Å². The number of aryl methyl sites for hydroxylation is 2.